The molecule has 1 aromatic carbocycles. The van der Waals surface area contributed by atoms with Crippen LogP contribution in [0, 0.1) is 5.92 Å². The Morgan fingerprint density at radius 2 is 2.33 bits per heavy atom. The third-order valence-electron chi connectivity index (χ3n) is 2.95. The second-order valence-electron chi connectivity index (χ2n) is 4.62. The summed E-state index contributed by atoms with van der Waals surface area (Å²) in [5.41, 5.74) is 8.36. The molecule has 0 amide bonds. The van der Waals surface area contributed by atoms with Crippen molar-refractivity contribution in [2.75, 3.05) is 6.54 Å². The molecular formula is C13H19NO. The highest BCUT2D eigenvalue weighted by molar-refractivity contribution is 5.40. The van der Waals surface area contributed by atoms with Crippen molar-refractivity contribution in [3.05, 3.63) is 29.3 Å². The van der Waals surface area contributed by atoms with E-state index in [1.165, 1.54) is 11.1 Å². The van der Waals surface area contributed by atoms with Gasteiger partial charge in [0.15, 0.2) is 0 Å². The number of rotatable bonds is 3. The lowest BCUT2D eigenvalue weighted by Crippen LogP contribution is -2.13. The van der Waals surface area contributed by atoms with E-state index in [1.807, 2.05) is 0 Å². The Hall–Kier alpha value is -1.02. The van der Waals surface area contributed by atoms with Crippen LogP contribution in [0.15, 0.2) is 18.2 Å². The van der Waals surface area contributed by atoms with Crippen molar-refractivity contribution in [1.29, 1.82) is 0 Å². The van der Waals surface area contributed by atoms with Gasteiger partial charge in [-0.15, -0.1) is 0 Å². The summed E-state index contributed by atoms with van der Waals surface area (Å²) in [7, 11) is 0. The topological polar surface area (TPSA) is 35.2 Å². The van der Waals surface area contributed by atoms with E-state index in [2.05, 4.69) is 32.0 Å². The lowest BCUT2D eigenvalue weighted by Gasteiger charge is -2.09. The lowest BCUT2D eigenvalue weighted by molar-refractivity contribution is 0.254. The fraction of sp³-hybridized carbons (Fsp3) is 0.538. The maximum Gasteiger partial charge on any atom is 0.123 e. The summed E-state index contributed by atoms with van der Waals surface area (Å²) in [4.78, 5) is 0. The Balaban J connectivity index is 2.13. The van der Waals surface area contributed by atoms with Crippen LogP contribution < -0.4 is 10.5 Å². The summed E-state index contributed by atoms with van der Waals surface area (Å²) >= 11 is 0. The Morgan fingerprint density at radius 1 is 1.53 bits per heavy atom. The maximum atomic E-state index is 5.67. The molecule has 0 radical (unpaired) electrons. The third kappa shape index (κ3) is 2.32. The molecule has 0 bridgehead atoms. The molecule has 82 valence electrons. The van der Waals surface area contributed by atoms with E-state index in [0.29, 0.717) is 12.0 Å². The van der Waals surface area contributed by atoms with Gasteiger partial charge in [-0.05, 0) is 43.0 Å². The second kappa shape index (κ2) is 4.23. The van der Waals surface area contributed by atoms with Gasteiger partial charge in [-0.1, -0.05) is 19.1 Å². The third-order valence-corrected chi connectivity index (χ3v) is 2.95. The molecule has 2 nitrogen and oxygen atoms in total. The lowest BCUT2D eigenvalue weighted by atomic mass is 9.98. The molecule has 2 rings (SSSR count). The highest BCUT2D eigenvalue weighted by Gasteiger charge is 2.18. The average molecular weight is 205 g/mol. The van der Waals surface area contributed by atoms with Gasteiger partial charge in [0.05, 0.1) is 0 Å². The molecule has 2 atom stereocenters. The minimum atomic E-state index is 0.335. The van der Waals surface area contributed by atoms with E-state index in [9.17, 15) is 0 Å². The first-order valence-corrected chi connectivity index (χ1v) is 5.67. The zero-order valence-electron chi connectivity index (χ0n) is 9.49. The van der Waals surface area contributed by atoms with Gasteiger partial charge in [-0.25, -0.2) is 0 Å². The van der Waals surface area contributed by atoms with Crippen LogP contribution in [-0.4, -0.2) is 12.6 Å². The minimum absolute atomic E-state index is 0.335. The Bertz CT molecular complexity index is 348. The van der Waals surface area contributed by atoms with Gasteiger partial charge in [0.1, 0.15) is 11.9 Å². The van der Waals surface area contributed by atoms with Crippen molar-refractivity contribution in [2.24, 2.45) is 11.7 Å². The van der Waals surface area contributed by atoms with Crippen LogP contribution >= 0.6 is 0 Å². The number of fused-ring (bicyclic) bond motifs is 1. The van der Waals surface area contributed by atoms with Crippen LogP contribution in [0.1, 0.15) is 25.0 Å². The van der Waals surface area contributed by atoms with Gasteiger partial charge in [0, 0.05) is 6.42 Å². The number of nitrogens with two attached hydrogens (primary N) is 1. The Kier molecular flexibility index (Phi) is 2.96. The SMILES string of the molecule is CC(CN)Cc1ccc2c(c1)CC(C)O2. The van der Waals surface area contributed by atoms with E-state index in [4.69, 9.17) is 10.5 Å². The first-order chi connectivity index (χ1) is 7.19. The predicted molar refractivity (Wildman–Crippen MR) is 62.2 cm³/mol. The van der Waals surface area contributed by atoms with E-state index < -0.39 is 0 Å². The largest absolute Gasteiger partial charge is 0.490 e. The number of hydrogen-bond acceptors (Lipinski definition) is 2. The standard InChI is InChI=1S/C13H19NO/c1-9(8-14)5-11-3-4-13-12(7-11)6-10(2)15-13/h3-4,7,9-10H,5-6,8,14H2,1-2H3. The van der Waals surface area contributed by atoms with Gasteiger partial charge < -0.3 is 10.5 Å². The first kappa shape index (κ1) is 10.5. The quantitative estimate of drug-likeness (QED) is 0.820. The molecule has 1 aliphatic heterocycles. The van der Waals surface area contributed by atoms with Gasteiger partial charge in [-0.2, -0.15) is 0 Å². The molecule has 2 heteroatoms. The molecule has 0 aromatic heterocycles. The molecule has 0 aliphatic carbocycles. The van der Waals surface area contributed by atoms with Gasteiger partial charge >= 0.3 is 0 Å². The molecule has 1 aliphatic rings. The monoisotopic (exact) mass is 205 g/mol. The van der Waals surface area contributed by atoms with Crippen molar-refractivity contribution < 1.29 is 4.74 Å². The summed E-state index contributed by atoms with van der Waals surface area (Å²) in [6.45, 7) is 5.05. The summed E-state index contributed by atoms with van der Waals surface area (Å²) in [5, 5.41) is 0. The summed E-state index contributed by atoms with van der Waals surface area (Å²) in [6, 6.07) is 6.52. The van der Waals surface area contributed by atoms with Gasteiger partial charge in [-0.3, -0.25) is 0 Å². The van der Waals surface area contributed by atoms with E-state index in [0.717, 1.165) is 25.1 Å². The maximum absolute atomic E-state index is 5.67. The zero-order chi connectivity index (χ0) is 10.8. The molecule has 2 unspecified atom stereocenters. The highest BCUT2D eigenvalue weighted by atomic mass is 16.5. The molecule has 1 heterocycles. The fourth-order valence-corrected chi connectivity index (χ4v) is 2.09. The zero-order valence-corrected chi connectivity index (χ0v) is 9.49. The van der Waals surface area contributed by atoms with Crippen LogP contribution in [-0.2, 0) is 12.8 Å². The first-order valence-electron chi connectivity index (χ1n) is 5.67. The normalized spacial score (nSPS) is 20.9. The molecule has 0 fully saturated rings. The van der Waals surface area contributed by atoms with Crippen molar-refractivity contribution >= 4 is 0 Å². The summed E-state index contributed by atoms with van der Waals surface area (Å²) in [5.74, 6) is 1.62. The van der Waals surface area contributed by atoms with Crippen molar-refractivity contribution in [3.8, 4) is 5.75 Å². The van der Waals surface area contributed by atoms with Crippen LogP contribution in [0.2, 0.25) is 0 Å². The van der Waals surface area contributed by atoms with Crippen LogP contribution in [0.3, 0.4) is 0 Å². The average Bonchev–Trinajstić information content (AvgIpc) is 2.57. The molecule has 15 heavy (non-hydrogen) atoms. The number of ether oxygens (including phenoxy) is 1. The molecule has 0 spiro atoms. The molecular weight excluding hydrogens is 186 g/mol. The Morgan fingerprint density at radius 3 is 3.07 bits per heavy atom. The summed E-state index contributed by atoms with van der Waals surface area (Å²) in [6.07, 6.45) is 2.44. The van der Waals surface area contributed by atoms with Crippen molar-refractivity contribution in [2.45, 2.75) is 32.8 Å². The van der Waals surface area contributed by atoms with E-state index in [-0.39, 0.29) is 0 Å². The van der Waals surface area contributed by atoms with E-state index in [1.54, 1.807) is 0 Å². The predicted octanol–water partition coefficient (Wildman–Crippen LogP) is 2.15. The highest BCUT2D eigenvalue weighted by Crippen LogP contribution is 2.29. The minimum Gasteiger partial charge on any atom is -0.490 e. The molecule has 0 saturated heterocycles. The van der Waals surface area contributed by atoms with Gasteiger partial charge in [0.2, 0.25) is 0 Å². The smallest absolute Gasteiger partial charge is 0.123 e. The number of benzene rings is 1. The van der Waals surface area contributed by atoms with Crippen LogP contribution in [0.4, 0.5) is 0 Å². The summed E-state index contributed by atoms with van der Waals surface area (Å²) < 4.78 is 5.67. The van der Waals surface area contributed by atoms with Crippen LogP contribution in [0.5, 0.6) is 5.75 Å². The van der Waals surface area contributed by atoms with Crippen LogP contribution in [0.25, 0.3) is 0 Å². The fourth-order valence-electron chi connectivity index (χ4n) is 2.09. The second-order valence-corrected chi connectivity index (χ2v) is 4.62. The van der Waals surface area contributed by atoms with E-state index >= 15 is 0 Å². The van der Waals surface area contributed by atoms with Crippen molar-refractivity contribution in [1.82, 2.24) is 0 Å². The molecule has 2 N–H and O–H groups in total. The molecule has 1 aromatic rings. The van der Waals surface area contributed by atoms with Crippen molar-refractivity contribution in [3.63, 3.8) is 0 Å². The Labute approximate surface area is 91.4 Å². The number of hydrogen-bond donors (Lipinski definition) is 1. The molecule has 0 saturated carbocycles. The van der Waals surface area contributed by atoms with Gasteiger partial charge in [0.25, 0.3) is 0 Å².